The Morgan fingerprint density at radius 1 is 1.00 bits per heavy atom. The van der Waals surface area contributed by atoms with Gasteiger partial charge in [-0.2, -0.15) is 0 Å². The van der Waals surface area contributed by atoms with Crippen LogP contribution in [0.25, 0.3) is 0 Å². The van der Waals surface area contributed by atoms with Gasteiger partial charge < -0.3 is 5.11 Å². The zero-order valence-corrected chi connectivity index (χ0v) is 12.6. The predicted molar refractivity (Wildman–Crippen MR) is 85.2 cm³/mol. The monoisotopic (exact) mass is 286 g/mol. The van der Waals surface area contributed by atoms with E-state index in [1.54, 1.807) is 11.3 Å². The molecule has 106 valence electrons. The Balaban J connectivity index is 1.89. The molecule has 2 aromatic rings. The molecule has 0 spiro atoms. The Morgan fingerprint density at radius 2 is 1.75 bits per heavy atom. The topological polar surface area (TPSA) is 20.2 Å². The maximum Gasteiger partial charge on any atom is 0.0684 e. The standard InChI is InChI=1S/C18H22OS/c19-17(14-16-10-7-13-20-16)18(11-5-2-6-12-18)15-8-3-1-4-9-15/h1,3-4,7-10,13,17,19H,2,5-6,11-12,14H2. The van der Waals surface area contributed by atoms with E-state index in [9.17, 15) is 5.11 Å². The van der Waals surface area contributed by atoms with Crippen LogP contribution in [0.5, 0.6) is 0 Å². The molecule has 1 aliphatic rings. The van der Waals surface area contributed by atoms with Crippen LogP contribution in [-0.2, 0) is 11.8 Å². The second-order valence-electron chi connectivity index (χ2n) is 5.88. The van der Waals surface area contributed by atoms with E-state index < -0.39 is 0 Å². The molecular formula is C18H22OS. The molecule has 1 fully saturated rings. The summed E-state index contributed by atoms with van der Waals surface area (Å²) in [5, 5.41) is 13.1. The van der Waals surface area contributed by atoms with E-state index in [4.69, 9.17) is 0 Å². The van der Waals surface area contributed by atoms with Crippen LogP contribution in [0.4, 0.5) is 0 Å². The van der Waals surface area contributed by atoms with Crippen LogP contribution in [0.1, 0.15) is 42.5 Å². The quantitative estimate of drug-likeness (QED) is 0.874. The van der Waals surface area contributed by atoms with Gasteiger partial charge in [-0.15, -0.1) is 11.3 Å². The summed E-state index contributed by atoms with van der Waals surface area (Å²) in [5.41, 5.74) is 1.28. The van der Waals surface area contributed by atoms with Crippen molar-refractivity contribution < 1.29 is 5.11 Å². The van der Waals surface area contributed by atoms with E-state index in [-0.39, 0.29) is 11.5 Å². The van der Waals surface area contributed by atoms with Crippen molar-refractivity contribution in [2.45, 2.75) is 50.0 Å². The van der Waals surface area contributed by atoms with Gasteiger partial charge in [-0.25, -0.2) is 0 Å². The fourth-order valence-electron chi connectivity index (χ4n) is 3.58. The Hall–Kier alpha value is -1.12. The molecule has 1 aromatic heterocycles. The number of benzene rings is 1. The van der Waals surface area contributed by atoms with E-state index in [0.717, 1.165) is 19.3 Å². The van der Waals surface area contributed by atoms with Crippen molar-refractivity contribution in [2.75, 3.05) is 0 Å². The van der Waals surface area contributed by atoms with Crippen LogP contribution in [0.15, 0.2) is 47.8 Å². The molecule has 1 aromatic carbocycles. The molecule has 1 saturated carbocycles. The summed E-state index contributed by atoms with van der Waals surface area (Å²) in [6.45, 7) is 0. The van der Waals surface area contributed by atoms with E-state index in [1.807, 2.05) is 0 Å². The summed E-state index contributed by atoms with van der Waals surface area (Å²) in [6, 6.07) is 14.9. The average molecular weight is 286 g/mol. The molecule has 2 heteroatoms. The fourth-order valence-corrected chi connectivity index (χ4v) is 4.32. The lowest BCUT2D eigenvalue weighted by Crippen LogP contribution is -2.42. The first kappa shape index (κ1) is 13.8. The van der Waals surface area contributed by atoms with E-state index in [2.05, 4.69) is 47.8 Å². The molecule has 1 heterocycles. The van der Waals surface area contributed by atoms with Crippen LogP contribution in [0, 0.1) is 0 Å². The van der Waals surface area contributed by atoms with Gasteiger partial charge in [0.15, 0.2) is 0 Å². The normalized spacial score (nSPS) is 19.6. The van der Waals surface area contributed by atoms with Gasteiger partial charge in [0.25, 0.3) is 0 Å². The Kier molecular flexibility index (Phi) is 4.23. The number of aliphatic hydroxyl groups excluding tert-OH is 1. The summed E-state index contributed by atoms with van der Waals surface area (Å²) in [7, 11) is 0. The van der Waals surface area contributed by atoms with Crippen LogP contribution in [0.2, 0.25) is 0 Å². The lowest BCUT2D eigenvalue weighted by molar-refractivity contribution is 0.0545. The number of hydrogen-bond donors (Lipinski definition) is 1. The van der Waals surface area contributed by atoms with Crippen LogP contribution >= 0.6 is 11.3 Å². The maximum atomic E-state index is 11.0. The van der Waals surface area contributed by atoms with Crippen molar-refractivity contribution in [3.8, 4) is 0 Å². The van der Waals surface area contributed by atoms with Gasteiger partial charge in [-0.1, -0.05) is 55.7 Å². The smallest absolute Gasteiger partial charge is 0.0684 e. The van der Waals surface area contributed by atoms with Crippen molar-refractivity contribution in [2.24, 2.45) is 0 Å². The average Bonchev–Trinajstić information content (AvgIpc) is 3.02. The van der Waals surface area contributed by atoms with E-state index in [1.165, 1.54) is 29.7 Å². The van der Waals surface area contributed by atoms with E-state index >= 15 is 0 Å². The summed E-state index contributed by atoms with van der Waals surface area (Å²) < 4.78 is 0. The number of thiophene rings is 1. The number of rotatable bonds is 4. The first-order valence-electron chi connectivity index (χ1n) is 7.57. The molecule has 20 heavy (non-hydrogen) atoms. The minimum atomic E-state index is -0.274. The maximum absolute atomic E-state index is 11.0. The Labute approximate surface area is 125 Å². The molecule has 0 bridgehead atoms. The molecule has 1 aliphatic carbocycles. The minimum absolute atomic E-state index is 0.0382. The molecule has 1 atom stereocenters. The largest absolute Gasteiger partial charge is 0.392 e. The van der Waals surface area contributed by atoms with Gasteiger partial charge in [0.2, 0.25) is 0 Å². The van der Waals surface area contributed by atoms with Crippen molar-refractivity contribution in [3.63, 3.8) is 0 Å². The predicted octanol–water partition coefficient (Wildman–Crippen LogP) is 4.55. The van der Waals surface area contributed by atoms with Crippen LogP contribution in [0.3, 0.4) is 0 Å². The molecule has 1 nitrogen and oxygen atoms in total. The van der Waals surface area contributed by atoms with Gasteiger partial charge >= 0.3 is 0 Å². The first-order chi connectivity index (χ1) is 9.81. The molecule has 1 unspecified atom stereocenters. The van der Waals surface area contributed by atoms with Gasteiger partial charge in [-0.05, 0) is 29.9 Å². The second kappa shape index (κ2) is 6.11. The van der Waals surface area contributed by atoms with Crippen LogP contribution < -0.4 is 0 Å². The second-order valence-corrected chi connectivity index (χ2v) is 6.91. The number of hydrogen-bond acceptors (Lipinski definition) is 2. The molecule has 0 saturated heterocycles. The highest BCUT2D eigenvalue weighted by molar-refractivity contribution is 7.09. The highest BCUT2D eigenvalue weighted by Crippen LogP contribution is 2.43. The van der Waals surface area contributed by atoms with Gasteiger partial charge in [0, 0.05) is 16.7 Å². The zero-order valence-electron chi connectivity index (χ0n) is 11.8. The van der Waals surface area contributed by atoms with Crippen molar-refractivity contribution >= 4 is 11.3 Å². The summed E-state index contributed by atoms with van der Waals surface area (Å²) in [4.78, 5) is 1.29. The third-order valence-corrected chi connectivity index (χ3v) is 5.61. The number of aliphatic hydroxyl groups is 1. The SMILES string of the molecule is OC(Cc1cccs1)C1(c2ccccc2)CCCCC1. The van der Waals surface area contributed by atoms with Crippen molar-refractivity contribution in [3.05, 3.63) is 58.3 Å². The summed E-state index contributed by atoms with van der Waals surface area (Å²) >= 11 is 1.75. The highest BCUT2D eigenvalue weighted by atomic mass is 32.1. The van der Waals surface area contributed by atoms with Gasteiger partial charge in [-0.3, -0.25) is 0 Å². The molecule has 0 radical (unpaired) electrons. The summed E-state index contributed by atoms with van der Waals surface area (Å²) in [6.07, 6.45) is 6.51. The third-order valence-electron chi connectivity index (χ3n) is 4.71. The van der Waals surface area contributed by atoms with Crippen molar-refractivity contribution in [1.82, 2.24) is 0 Å². The third kappa shape index (κ3) is 2.68. The molecular weight excluding hydrogens is 264 g/mol. The lowest BCUT2D eigenvalue weighted by atomic mass is 9.65. The Morgan fingerprint density at radius 3 is 2.40 bits per heavy atom. The molecule has 1 N–H and O–H groups in total. The molecule has 0 amide bonds. The van der Waals surface area contributed by atoms with Gasteiger partial charge in [0.05, 0.1) is 6.10 Å². The molecule has 3 rings (SSSR count). The fraction of sp³-hybridized carbons (Fsp3) is 0.444. The van der Waals surface area contributed by atoms with Gasteiger partial charge in [0.1, 0.15) is 0 Å². The van der Waals surface area contributed by atoms with E-state index in [0.29, 0.717) is 0 Å². The summed E-state index contributed by atoms with van der Waals surface area (Å²) in [5.74, 6) is 0. The minimum Gasteiger partial charge on any atom is -0.392 e. The highest BCUT2D eigenvalue weighted by Gasteiger charge is 2.40. The Bertz CT molecular complexity index is 512. The first-order valence-corrected chi connectivity index (χ1v) is 8.45. The van der Waals surface area contributed by atoms with Crippen molar-refractivity contribution in [1.29, 1.82) is 0 Å². The van der Waals surface area contributed by atoms with Crippen LogP contribution in [-0.4, -0.2) is 11.2 Å². The lowest BCUT2D eigenvalue weighted by Gasteiger charge is -2.42. The zero-order chi connectivity index (χ0) is 13.8. The molecule has 0 aliphatic heterocycles.